The fourth-order valence-electron chi connectivity index (χ4n) is 28.3. The van der Waals surface area contributed by atoms with Gasteiger partial charge in [0, 0.05) is 32.1 Å². The molecule has 17 aromatic carbocycles. The van der Waals surface area contributed by atoms with Crippen molar-refractivity contribution in [1.82, 2.24) is 0 Å². The summed E-state index contributed by atoms with van der Waals surface area (Å²) >= 11 is 6.38. The second-order valence-electron chi connectivity index (χ2n) is 46.3. The van der Waals surface area contributed by atoms with Gasteiger partial charge in [0.1, 0.15) is 0 Å². The molecule has 0 radical (unpaired) electrons. The number of aryl methyl sites for hydroxylation is 1. The van der Waals surface area contributed by atoms with Crippen LogP contribution in [0.1, 0.15) is 326 Å². The molecule has 0 aliphatic heterocycles. The fraction of sp³-hybridized carbons (Fsp3) is 0.301. The van der Waals surface area contributed by atoms with E-state index in [4.69, 9.17) is 11.6 Å². The van der Waals surface area contributed by atoms with Crippen LogP contribution in [0.3, 0.4) is 0 Å². The number of fused-ring (bicyclic) bond motifs is 18. The van der Waals surface area contributed by atoms with E-state index in [0.717, 1.165) is 17.9 Å². The van der Waals surface area contributed by atoms with Crippen molar-refractivity contribution in [1.29, 1.82) is 0 Å². The third-order valence-corrected chi connectivity index (χ3v) is 36.6. The van der Waals surface area contributed by atoms with Crippen LogP contribution >= 0.6 is 11.6 Å². The summed E-state index contributed by atoms with van der Waals surface area (Å²) < 4.78 is 0. The van der Waals surface area contributed by atoms with E-state index in [1.807, 2.05) is 12.1 Å². The van der Waals surface area contributed by atoms with Gasteiger partial charge in [0.15, 0.2) is 0 Å². The van der Waals surface area contributed by atoms with Crippen molar-refractivity contribution in [2.75, 3.05) is 0 Å². The molecular weight excluding hydrogens is 1790 g/mol. The normalized spacial score (nSPS) is 15.6. The van der Waals surface area contributed by atoms with E-state index in [9.17, 15) is 0 Å². The van der Waals surface area contributed by atoms with Crippen LogP contribution in [-0.2, 0) is 32.5 Å². The quantitative estimate of drug-likeness (QED) is 0.0341. The molecule has 736 valence electrons. The monoisotopic (exact) mass is 1930 g/mol. The summed E-state index contributed by atoms with van der Waals surface area (Å²) in [7, 11) is 0. The van der Waals surface area contributed by atoms with Crippen molar-refractivity contribution >= 4 is 11.6 Å². The van der Waals surface area contributed by atoms with Crippen LogP contribution in [0.25, 0.3) is 156 Å². The molecule has 0 saturated heterocycles. The molecule has 6 aliphatic carbocycles. The molecule has 1 unspecified atom stereocenters. The van der Waals surface area contributed by atoms with Crippen molar-refractivity contribution in [3.63, 3.8) is 0 Å². The highest BCUT2D eigenvalue weighted by atomic mass is 35.5. The largest absolute Gasteiger partial charge is 0.0843 e. The molecule has 0 nitrogen and oxygen atoms in total. The predicted octanol–water partition coefficient (Wildman–Crippen LogP) is 42.4. The summed E-state index contributed by atoms with van der Waals surface area (Å²) in [6.45, 7) is 26.5. The molecule has 23 rings (SSSR count). The van der Waals surface area contributed by atoms with Crippen LogP contribution in [0.2, 0.25) is 5.02 Å². The van der Waals surface area contributed by atoms with Crippen molar-refractivity contribution in [3.05, 3.63) is 440 Å². The molecule has 0 heterocycles. The zero-order valence-electron chi connectivity index (χ0n) is 89.0. The van der Waals surface area contributed by atoms with E-state index < -0.39 is 5.41 Å². The van der Waals surface area contributed by atoms with Gasteiger partial charge in [-0.05, 0) is 351 Å². The van der Waals surface area contributed by atoms with Gasteiger partial charge in [-0.2, -0.15) is 0 Å². The summed E-state index contributed by atoms with van der Waals surface area (Å²) in [5, 5.41) is 0.752. The molecule has 147 heavy (non-hydrogen) atoms. The van der Waals surface area contributed by atoms with Crippen LogP contribution in [0.4, 0.5) is 0 Å². The highest BCUT2D eigenvalue weighted by Gasteiger charge is 2.50. The number of hydrogen-bond acceptors (Lipinski definition) is 0. The maximum atomic E-state index is 6.38. The van der Waals surface area contributed by atoms with Gasteiger partial charge in [0.2, 0.25) is 0 Å². The summed E-state index contributed by atoms with van der Waals surface area (Å²) in [6.07, 6.45) is 34.7. The fourth-order valence-corrected chi connectivity index (χ4v) is 28.4. The lowest BCUT2D eigenvalue weighted by Crippen LogP contribution is -2.28. The lowest BCUT2D eigenvalue weighted by atomic mass is 9.67. The highest BCUT2D eigenvalue weighted by molar-refractivity contribution is 6.30. The molecule has 0 bridgehead atoms. The summed E-state index contributed by atoms with van der Waals surface area (Å²) in [5.74, 6) is 0. The number of benzene rings is 17. The first-order valence-electron chi connectivity index (χ1n) is 56.6. The van der Waals surface area contributed by atoms with Gasteiger partial charge in [-0.15, -0.1) is 0 Å². The maximum Gasteiger partial charge on any atom is 0.0713 e. The summed E-state index contributed by atoms with van der Waals surface area (Å²) in [6, 6.07) is 139. The van der Waals surface area contributed by atoms with Crippen molar-refractivity contribution in [3.8, 4) is 156 Å². The summed E-state index contributed by atoms with van der Waals surface area (Å²) in [4.78, 5) is 0. The average Bonchev–Trinajstić information content (AvgIpc) is 1.52. The van der Waals surface area contributed by atoms with Crippen molar-refractivity contribution in [2.24, 2.45) is 0 Å². The van der Waals surface area contributed by atoms with E-state index in [2.05, 4.69) is 416 Å². The topological polar surface area (TPSA) is 0 Å². The van der Waals surface area contributed by atoms with E-state index in [1.54, 1.807) is 22.3 Å². The number of halogens is 1. The van der Waals surface area contributed by atoms with Crippen LogP contribution in [-0.4, -0.2) is 0 Å². The molecule has 17 aromatic rings. The van der Waals surface area contributed by atoms with Crippen LogP contribution in [0.5, 0.6) is 0 Å². The van der Waals surface area contributed by atoms with Gasteiger partial charge in [-0.3, -0.25) is 0 Å². The predicted molar refractivity (Wildman–Crippen MR) is 629 cm³/mol. The Bertz CT molecular complexity index is 7760. The molecule has 0 spiro atoms. The Morgan fingerprint density at radius 1 is 0.177 bits per heavy atom. The third kappa shape index (κ3) is 17.1. The molecule has 1 heteroatoms. The van der Waals surface area contributed by atoms with Gasteiger partial charge < -0.3 is 0 Å². The Balaban J connectivity index is 0.518. The SMILES string of the molecule is CCCCCCCCC1(CCCCCCC)c2cc(-c3ccc(-c4ccc5c(c4)C(C)(C)c4cc(-c6ccc7c(c6)C(CCCCCCCC)(CCCCCCCC)c6ccccc6-7)ccc4-5)cc3)ccc2-c2ccc(-c3cc(C)c4c(c3)C(C)(C)c3cc(-c5ccc(-c6ccc7c(c6)C(c6ccccc6)(c6ccccc6)c6cc(-c8ccc9c(c8)C(C)(C)c8cc(-c%10ccc(Cl)cc%10)ccc8-9)ccc6-7)cc5)ccc3-4)cc21. The minimum absolute atomic E-state index is 0.0479. The van der Waals surface area contributed by atoms with E-state index in [1.165, 1.54) is 377 Å². The van der Waals surface area contributed by atoms with Crippen LogP contribution < -0.4 is 0 Å². The van der Waals surface area contributed by atoms with Crippen LogP contribution in [0.15, 0.2) is 352 Å². The third-order valence-electron chi connectivity index (χ3n) is 36.4. The standard InChI is InChI=1S/C146H145Cl/c1-12-16-20-24-28-40-81-144(82-41-29-25-21-17-13-2)128-48-38-37-47-117(128)122-76-65-110(92-134(122)144)108-63-73-120-118-71-59-103(86-129(118)141(6,7)131(120)89-108)98-49-53-100(54-50-98)106-61-75-123-124-77-67-112(93-136(124)145(135(123)91-106,83-39-27-23-19-15-4)84-42-30-26-22-18-14-3)113-85-97(5)140-127-80-68-105(88-133(127)143(10,11)139(140)96-113)99-51-55-101(56-52-99)107-62-78-125-126-79-66-111(95-138(126)146(137(125)94-107,114-43-33-31-34-44-114)115-45-35-32-36-46-115)109-64-74-121-119-72-60-104(102-57-69-116(147)70-58-102)87-130(119)142(8,9)132(121)90-109/h31-38,43-80,85-96H,12-30,39-42,81-84H2,1-11H3. The Morgan fingerprint density at radius 2 is 0.395 bits per heavy atom. The maximum absolute atomic E-state index is 6.38. The average molecular weight is 1940 g/mol. The first-order chi connectivity index (χ1) is 71.8. The molecule has 0 fully saturated rings. The van der Waals surface area contributed by atoms with Crippen molar-refractivity contribution < 1.29 is 0 Å². The molecule has 0 amide bonds. The Morgan fingerprint density at radius 3 is 0.728 bits per heavy atom. The van der Waals surface area contributed by atoms with E-state index in [0.29, 0.717) is 0 Å². The molecule has 0 N–H and O–H groups in total. The number of rotatable bonds is 37. The molecule has 0 saturated carbocycles. The molecule has 6 aliphatic rings. The minimum Gasteiger partial charge on any atom is -0.0843 e. The second kappa shape index (κ2) is 40.2. The van der Waals surface area contributed by atoms with Gasteiger partial charge in [-0.1, -0.05) is 502 Å². The minimum atomic E-state index is -0.595. The number of unbranched alkanes of at least 4 members (excludes halogenated alkanes) is 19. The smallest absolute Gasteiger partial charge is 0.0713 e. The van der Waals surface area contributed by atoms with Crippen LogP contribution in [0, 0.1) is 6.92 Å². The van der Waals surface area contributed by atoms with Crippen molar-refractivity contribution in [2.45, 2.75) is 282 Å². The zero-order chi connectivity index (χ0) is 101. The summed E-state index contributed by atoms with van der Waals surface area (Å²) in [5.41, 5.74) is 56.5. The van der Waals surface area contributed by atoms with Gasteiger partial charge >= 0.3 is 0 Å². The zero-order valence-corrected chi connectivity index (χ0v) is 89.7. The van der Waals surface area contributed by atoms with Gasteiger partial charge in [-0.25, -0.2) is 0 Å². The second-order valence-corrected chi connectivity index (χ2v) is 46.7. The molecule has 0 aromatic heterocycles. The number of hydrogen-bond donors (Lipinski definition) is 0. The lowest BCUT2D eigenvalue weighted by molar-refractivity contribution is 0.398. The van der Waals surface area contributed by atoms with E-state index in [-0.39, 0.29) is 27.1 Å². The first kappa shape index (κ1) is 97.4. The van der Waals surface area contributed by atoms with Gasteiger partial charge in [0.25, 0.3) is 0 Å². The Hall–Kier alpha value is -13.0. The Kier molecular flexibility index (Phi) is 26.7. The molecule has 1 atom stereocenters. The van der Waals surface area contributed by atoms with Gasteiger partial charge in [0.05, 0.1) is 5.41 Å². The first-order valence-corrected chi connectivity index (χ1v) is 57.0. The highest BCUT2D eigenvalue weighted by Crippen LogP contribution is 2.63. The molecular formula is C146H145Cl. The lowest BCUT2D eigenvalue weighted by Gasteiger charge is -2.34. The Labute approximate surface area is 883 Å². The van der Waals surface area contributed by atoms with E-state index >= 15 is 0 Å².